The molecule has 2 fully saturated rings. The molecule has 98 valence electrons. The predicted molar refractivity (Wildman–Crippen MR) is 68.8 cm³/mol. The van der Waals surface area contributed by atoms with E-state index in [0.717, 1.165) is 12.8 Å². The highest BCUT2D eigenvalue weighted by molar-refractivity contribution is 5.16. The lowest BCUT2D eigenvalue weighted by Gasteiger charge is -2.38. The molecule has 3 heteroatoms. The number of fused-ring (bicyclic) bond motifs is 2. The van der Waals surface area contributed by atoms with Crippen LogP contribution in [0.1, 0.15) is 38.2 Å². The largest absolute Gasteiger partial charge is 0.370 e. The molecular weight excluding hydrogens is 229 g/mol. The maximum absolute atomic E-state index is 13.5. The molecule has 2 atom stereocenters. The molecule has 0 saturated carbocycles. The van der Waals surface area contributed by atoms with Crippen LogP contribution < -0.4 is 5.32 Å². The van der Waals surface area contributed by atoms with Crippen LogP contribution in [0.2, 0.25) is 0 Å². The molecule has 0 aliphatic carbocycles. The normalized spacial score (nSPS) is 34.8. The van der Waals surface area contributed by atoms with Crippen molar-refractivity contribution in [2.75, 3.05) is 0 Å². The second kappa shape index (κ2) is 4.63. The second-order valence-corrected chi connectivity index (χ2v) is 5.88. The Kier molecular flexibility index (Phi) is 3.12. The Balaban J connectivity index is 1.64. The predicted octanol–water partition coefficient (Wildman–Crippen LogP) is 3.02. The van der Waals surface area contributed by atoms with Gasteiger partial charge in [0.25, 0.3) is 0 Å². The Hall–Kier alpha value is -0.930. The topological polar surface area (TPSA) is 21.3 Å². The van der Waals surface area contributed by atoms with Gasteiger partial charge in [0, 0.05) is 17.6 Å². The molecule has 18 heavy (non-hydrogen) atoms. The molecule has 2 saturated heterocycles. The third-order valence-corrected chi connectivity index (χ3v) is 4.23. The molecule has 2 bridgehead atoms. The first-order valence-corrected chi connectivity index (χ1v) is 6.78. The average molecular weight is 249 g/mol. The van der Waals surface area contributed by atoms with Crippen molar-refractivity contribution in [3.63, 3.8) is 0 Å². The molecule has 0 radical (unpaired) electrons. The van der Waals surface area contributed by atoms with Crippen LogP contribution in [-0.2, 0) is 11.3 Å². The standard InChI is InChI=1S/C15H20FNO/c1-15(8-12-6-7-13(9-15)17-12)18-10-11-4-2-3-5-14(11)16/h2-5,12-13,17H,6-10H2,1H3. The number of halogens is 1. The quantitative estimate of drug-likeness (QED) is 0.889. The van der Waals surface area contributed by atoms with Crippen molar-refractivity contribution in [3.05, 3.63) is 35.6 Å². The summed E-state index contributed by atoms with van der Waals surface area (Å²) < 4.78 is 19.6. The Morgan fingerprint density at radius 3 is 2.61 bits per heavy atom. The van der Waals surface area contributed by atoms with Gasteiger partial charge in [-0.25, -0.2) is 4.39 Å². The number of hydrogen-bond donors (Lipinski definition) is 1. The molecule has 2 unspecified atom stereocenters. The number of piperidine rings is 1. The first-order chi connectivity index (χ1) is 8.65. The maximum atomic E-state index is 13.5. The molecule has 0 aromatic heterocycles. The summed E-state index contributed by atoms with van der Waals surface area (Å²) in [5, 5.41) is 3.60. The molecule has 1 N–H and O–H groups in total. The summed E-state index contributed by atoms with van der Waals surface area (Å²) in [7, 11) is 0. The van der Waals surface area contributed by atoms with E-state index >= 15 is 0 Å². The molecule has 0 spiro atoms. The van der Waals surface area contributed by atoms with Crippen LogP contribution in [0, 0.1) is 5.82 Å². The fourth-order valence-corrected chi connectivity index (χ4v) is 3.34. The van der Waals surface area contributed by atoms with E-state index in [2.05, 4.69) is 12.2 Å². The van der Waals surface area contributed by atoms with Crippen molar-refractivity contribution in [2.45, 2.75) is 56.9 Å². The Labute approximate surface area is 108 Å². The molecule has 2 nitrogen and oxygen atoms in total. The van der Waals surface area contributed by atoms with Gasteiger partial charge in [-0.2, -0.15) is 0 Å². The summed E-state index contributed by atoms with van der Waals surface area (Å²) in [5.74, 6) is -0.169. The average Bonchev–Trinajstić information content (AvgIpc) is 2.69. The fraction of sp³-hybridized carbons (Fsp3) is 0.600. The van der Waals surface area contributed by atoms with E-state index in [1.807, 2.05) is 6.07 Å². The fourth-order valence-electron chi connectivity index (χ4n) is 3.34. The minimum atomic E-state index is -0.169. The van der Waals surface area contributed by atoms with Crippen molar-refractivity contribution in [1.29, 1.82) is 0 Å². The lowest BCUT2D eigenvalue weighted by atomic mass is 9.89. The van der Waals surface area contributed by atoms with Gasteiger partial charge < -0.3 is 10.1 Å². The monoisotopic (exact) mass is 249 g/mol. The third kappa shape index (κ3) is 2.43. The van der Waals surface area contributed by atoms with E-state index in [9.17, 15) is 4.39 Å². The molecule has 1 aromatic rings. The maximum Gasteiger partial charge on any atom is 0.128 e. The summed E-state index contributed by atoms with van der Waals surface area (Å²) in [5.41, 5.74) is 0.559. The molecule has 1 aromatic carbocycles. The van der Waals surface area contributed by atoms with Crippen LogP contribution in [0.15, 0.2) is 24.3 Å². The first kappa shape index (κ1) is 12.1. The highest BCUT2D eigenvalue weighted by atomic mass is 19.1. The number of benzene rings is 1. The summed E-state index contributed by atoms with van der Waals surface area (Å²) in [6.45, 7) is 2.54. The number of hydrogen-bond acceptors (Lipinski definition) is 2. The zero-order chi connectivity index (χ0) is 12.6. The molecule has 2 aliphatic rings. The van der Waals surface area contributed by atoms with E-state index in [-0.39, 0.29) is 11.4 Å². The van der Waals surface area contributed by atoms with E-state index < -0.39 is 0 Å². The molecular formula is C15H20FNO. The van der Waals surface area contributed by atoms with Crippen LogP contribution in [0.25, 0.3) is 0 Å². The van der Waals surface area contributed by atoms with E-state index in [0.29, 0.717) is 24.3 Å². The van der Waals surface area contributed by atoms with Crippen LogP contribution >= 0.6 is 0 Å². The molecule has 3 rings (SSSR count). The lowest BCUT2D eigenvalue weighted by Crippen LogP contribution is -2.48. The number of rotatable bonds is 3. The molecule has 0 amide bonds. The number of nitrogens with one attached hydrogen (secondary N) is 1. The van der Waals surface area contributed by atoms with Gasteiger partial charge in [0.1, 0.15) is 5.82 Å². The highest BCUT2D eigenvalue weighted by Gasteiger charge is 2.41. The second-order valence-electron chi connectivity index (χ2n) is 5.88. The van der Waals surface area contributed by atoms with Crippen molar-refractivity contribution in [2.24, 2.45) is 0 Å². The molecule has 2 aliphatic heterocycles. The smallest absolute Gasteiger partial charge is 0.128 e. The van der Waals surface area contributed by atoms with Crippen molar-refractivity contribution in [3.8, 4) is 0 Å². The SMILES string of the molecule is CC1(OCc2ccccc2F)CC2CCC(C1)N2. The van der Waals surface area contributed by atoms with Gasteiger partial charge in [0.15, 0.2) is 0 Å². The summed E-state index contributed by atoms with van der Waals surface area (Å²) in [6.07, 6.45) is 4.59. The van der Waals surface area contributed by atoms with Crippen LogP contribution in [0.5, 0.6) is 0 Å². The summed E-state index contributed by atoms with van der Waals surface area (Å²) >= 11 is 0. The van der Waals surface area contributed by atoms with E-state index in [1.54, 1.807) is 12.1 Å². The van der Waals surface area contributed by atoms with Gasteiger partial charge in [-0.15, -0.1) is 0 Å². The Morgan fingerprint density at radius 1 is 1.28 bits per heavy atom. The first-order valence-electron chi connectivity index (χ1n) is 6.78. The van der Waals surface area contributed by atoms with Gasteiger partial charge in [0.2, 0.25) is 0 Å². The zero-order valence-electron chi connectivity index (χ0n) is 10.8. The van der Waals surface area contributed by atoms with Crippen LogP contribution in [0.3, 0.4) is 0 Å². The minimum Gasteiger partial charge on any atom is -0.370 e. The van der Waals surface area contributed by atoms with E-state index in [4.69, 9.17) is 4.74 Å². The Morgan fingerprint density at radius 2 is 1.94 bits per heavy atom. The lowest BCUT2D eigenvalue weighted by molar-refractivity contribution is -0.0738. The third-order valence-electron chi connectivity index (χ3n) is 4.23. The van der Waals surface area contributed by atoms with Gasteiger partial charge in [-0.1, -0.05) is 18.2 Å². The van der Waals surface area contributed by atoms with E-state index in [1.165, 1.54) is 18.9 Å². The van der Waals surface area contributed by atoms with Gasteiger partial charge in [0.05, 0.1) is 12.2 Å². The van der Waals surface area contributed by atoms with Crippen molar-refractivity contribution in [1.82, 2.24) is 5.32 Å². The van der Waals surface area contributed by atoms with Crippen LogP contribution in [-0.4, -0.2) is 17.7 Å². The van der Waals surface area contributed by atoms with Gasteiger partial charge in [-0.05, 0) is 38.7 Å². The van der Waals surface area contributed by atoms with Crippen molar-refractivity contribution < 1.29 is 9.13 Å². The Bertz CT molecular complexity index is 422. The van der Waals surface area contributed by atoms with Crippen molar-refractivity contribution >= 4 is 0 Å². The zero-order valence-corrected chi connectivity index (χ0v) is 10.8. The molecule has 2 heterocycles. The summed E-state index contributed by atoms with van der Waals surface area (Å²) in [4.78, 5) is 0. The summed E-state index contributed by atoms with van der Waals surface area (Å²) in [6, 6.07) is 8.05. The highest BCUT2D eigenvalue weighted by Crippen LogP contribution is 2.36. The van der Waals surface area contributed by atoms with Crippen LogP contribution in [0.4, 0.5) is 4.39 Å². The van der Waals surface area contributed by atoms with Gasteiger partial charge >= 0.3 is 0 Å². The van der Waals surface area contributed by atoms with Gasteiger partial charge in [-0.3, -0.25) is 0 Å². The number of ether oxygens (including phenoxy) is 1. The minimum absolute atomic E-state index is 0.0979.